The van der Waals surface area contributed by atoms with Crippen LogP contribution in [0.15, 0.2) is 22.7 Å². The monoisotopic (exact) mass is 181 g/mol. The van der Waals surface area contributed by atoms with Crippen LogP contribution in [0.2, 0.25) is 5.02 Å². The fraction of sp³-hybridized carbons (Fsp3) is 0. The summed E-state index contributed by atoms with van der Waals surface area (Å²) in [5, 5.41) is 4.93. The molecule has 0 aliphatic carbocycles. The van der Waals surface area contributed by atoms with E-state index in [9.17, 15) is 4.79 Å². The molecule has 0 N–H and O–H groups in total. The van der Waals surface area contributed by atoms with Gasteiger partial charge in [0.15, 0.2) is 6.29 Å². The number of hydrogen-bond acceptors (Lipinski definition) is 3. The molecular weight excluding hydrogens is 178 g/mol. The van der Waals surface area contributed by atoms with Crippen molar-refractivity contribution in [1.82, 2.24) is 5.16 Å². The number of fused-ring (bicyclic) bond motifs is 1. The van der Waals surface area contributed by atoms with E-state index >= 15 is 0 Å². The van der Waals surface area contributed by atoms with E-state index in [1.54, 1.807) is 18.2 Å². The molecule has 0 aliphatic heterocycles. The molecule has 2 aromatic rings. The Hall–Kier alpha value is -1.35. The maximum absolute atomic E-state index is 10.4. The molecule has 2 rings (SSSR count). The van der Waals surface area contributed by atoms with Crippen LogP contribution < -0.4 is 0 Å². The lowest BCUT2D eigenvalue weighted by Crippen LogP contribution is -1.73. The highest BCUT2D eigenvalue weighted by molar-refractivity contribution is 6.31. The molecule has 0 unspecified atom stereocenters. The third-order valence-electron chi connectivity index (χ3n) is 1.57. The molecule has 0 fully saturated rings. The zero-order valence-corrected chi connectivity index (χ0v) is 6.71. The number of halogens is 1. The Bertz CT molecular complexity index is 436. The summed E-state index contributed by atoms with van der Waals surface area (Å²) in [6.45, 7) is 0. The summed E-state index contributed by atoms with van der Waals surface area (Å²) in [5.41, 5.74) is 0.601. The van der Waals surface area contributed by atoms with E-state index < -0.39 is 0 Å². The SMILES string of the molecule is O=Cc1onc2cc(Cl)ccc12. The van der Waals surface area contributed by atoms with Gasteiger partial charge in [-0.1, -0.05) is 16.8 Å². The van der Waals surface area contributed by atoms with Crippen molar-refractivity contribution >= 4 is 28.8 Å². The van der Waals surface area contributed by atoms with E-state index in [1.165, 1.54) is 0 Å². The maximum atomic E-state index is 10.4. The first-order valence-corrected chi connectivity index (χ1v) is 3.69. The average Bonchev–Trinajstić information content (AvgIpc) is 2.46. The molecule has 0 bridgehead atoms. The van der Waals surface area contributed by atoms with Crippen molar-refractivity contribution in [1.29, 1.82) is 0 Å². The first-order chi connectivity index (χ1) is 5.81. The molecular formula is C8H4ClNO2. The minimum Gasteiger partial charge on any atom is -0.352 e. The Morgan fingerprint density at radius 3 is 3.08 bits per heavy atom. The highest BCUT2D eigenvalue weighted by Gasteiger charge is 2.06. The molecule has 0 saturated heterocycles. The van der Waals surface area contributed by atoms with Crippen LogP contribution in [0.4, 0.5) is 0 Å². The summed E-state index contributed by atoms with van der Waals surface area (Å²) in [5.74, 6) is 0.238. The average molecular weight is 182 g/mol. The lowest BCUT2D eigenvalue weighted by atomic mass is 10.2. The number of rotatable bonds is 1. The minimum atomic E-state index is 0.238. The molecule has 0 aliphatic rings. The molecule has 0 saturated carbocycles. The van der Waals surface area contributed by atoms with E-state index in [2.05, 4.69) is 5.16 Å². The molecule has 1 aromatic heterocycles. The van der Waals surface area contributed by atoms with Gasteiger partial charge in [0, 0.05) is 5.02 Å². The van der Waals surface area contributed by atoms with E-state index in [1.807, 2.05) is 0 Å². The Kier molecular flexibility index (Phi) is 1.59. The normalized spacial score (nSPS) is 10.4. The molecule has 1 aromatic carbocycles. The van der Waals surface area contributed by atoms with Crippen LogP contribution >= 0.6 is 11.6 Å². The standard InChI is InChI=1S/C8H4ClNO2/c9-5-1-2-6-7(3-5)10-12-8(6)4-11/h1-4H. The Labute approximate surface area is 72.9 Å². The molecule has 0 spiro atoms. The predicted molar refractivity (Wildman–Crippen MR) is 44.4 cm³/mol. The molecule has 4 heteroatoms. The van der Waals surface area contributed by atoms with Crippen LogP contribution in [0.1, 0.15) is 10.6 Å². The van der Waals surface area contributed by atoms with E-state index in [4.69, 9.17) is 16.1 Å². The molecule has 3 nitrogen and oxygen atoms in total. The largest absolute Gasteiger partial charge is 0.352 e. The van der Waals surface area contributed by atoms with Gasteiger partial charge in [-0.25, -0.2) is 0 Å². The lowest BCUT2D eigenvalue weighted by molar-refractivity contribution is 0.109. The summed E-state index contributed by atoms with van der Waals surface area (Å²) >= 11 is 5.70. The van der Waals surface area contributed by atoms with Crippen LogP contribution in [0.3, 0.4) is 0 Å². The molecule has 60 valence electrons. The fourth-order valence-electron chi connectivity index (χ4n) is 1.02. The Morgan fingerprint density at radius 2 is 2.33 bits per heavy atom. The summed E-state index contributed by atoms with van der Waals surface area (Å²) in [7, 11) is 0. The van der Waals surface area contributed by atoms with Crippen LogP contribution in [-0.2, 0) is 0 Å². The van der Waals surface area contributed by atoms with E-state index in [0.29, 0.717) is 22.2 Å². The summed E-state index contributed by atoms with van der Waals surface area (Å²) in [6, 6.07) is 5.04. The van der Waals surface area contributed by atoms with Gasteiger partial charge < -0.3 is 4.52 Å². The van der Waals surface area contributed by atoms with Gasteiger partial charge in [-0.15, -0.1) is 0 Å². The molecule has 12 heavy (non-hydrogen) atoms. The predicted octanol–water partition coefficient (Wildman–Crippen LogP) is 2.29. The Balaban J connectivity index is 2.81. The number of aromatic nitrogens is 1. The van der Waals surface area contributed by atoms with E-state index in [-0.39, 0.29) is 5.76 Å². The topological polar surface area (TPSA) is 43.1 Å². The minimum absolute atomic E-state index is 0.238. The fourth-order valence-corrected chi connectivity index (χ4v) is 1.19. The highest BCUT2D eigenvalue weighted by Crippen LogP contribution is 2.20. The van der Waals surface area contributed by atoms with Gasteiger partial charge in [0.2, 0.25) is 5.76 Å². The quantitative estimate of drug-likeness (QED) is 0.634. The number of aldehydes is 1. The molecule has 0 atom stereocenters. The van der Waals surface area contributed by atoms with Gasteiger partial charge >= 0.3 is 0 Å². The van der Waals surface area contributed by atoms with Crippen LogP contribution in [-0.4, -0.2) is 11.4 Å². The first kappa shape index (κ1) is 7.31. The van der Waals surface area contributed by atoms with Crippen molar-refractivity contribution in [3.63, 3.8) is 0 Å². The van der Waals surface area contributed by atoms with Crippen LogP contribution in [0.5, 0.6) is 0 Å². The zero-order valence-electron chi connectivity index (χ0n) is 5.95. The third kappa shape index (κ3) is 0.987. The highest BCUT2D eigenvalue weighted by atomic mass is 35.5. The van der Waals surface area contributed by atoms with Crippen molar-refractivity contribution in [3.05, 3.63) is 29.0 Å². The van der Waals surface area contributed by atoms with Gasteiger partial charge in [-0.3, -0.25) is 4.79 Å². The van der Waals surface area contributed by atoms with Crippen molar-refractivity contribution in [2.75, 3.05) is 0 Å². The number of nitrogens with zero attached hydrogens (tertiary/aromatic N) is 1. The molecule has 0 amide bonds. The van der Waals surface area contributed by atoms with Crippen molar-refractivity contribution in [2.45, 2.75) is 0 Å². The van der Waals surface area contributed by atoms with Gasteiger partial charge in [-0.2, -0.15) is 0 Å². The van der Waals surface area contributed by atoms with Crippen LogP contribution in [0.25, 0.3) is 10.9 Å². The molecule has 0 radical (unpaired) electrons. The first-order valence-electron chi connectivity index (χ1n) is 3.31. The van der Waals surface area contributed by atoms with Gasteiger partial charge in [0.1, 0.15) is 5.52 Å². The maximum Gasteiger partial charge on any atom is 0.207 e. The lowest BCUT2D eigenvalue weighted by Gasteiger charge is -1.86. The summed E-state index contributed by atoms with van der Waals surface area (Å²) in [4.78, 5) is 10.4. The second kappa shape index (κ2) is 2.60. The zero-order chi connectivity index (χ0) is 8.55. The summed E-state index contributed by atoms with van der Waals surface area (Å²) in [6.07, 6.45) is 0.628. The number of benzene rings is 1. The summed E-state index contributed by atoms with van der Waals surface area (Å²) < 4.78 is 4.74. The smallest absolute Gasteiger partial charge is 0.207 e. The number of carbonyl (C=O) groups is 1. The van der Waals surface area contributed by atoms with Gasteiger partial charge in [0.05, 0.1) is 5.39 Å². The number of hydrogen-bond donors (Lipinski definition) is 0. The van der Waals surface area contributed by atoms with Crippen molar-refractivity contribution in [2.24, 2.45) is 0 Å². The van der Waals surface area contributed by atoms with Gasteiger partial charge in [0.25, 0.3) is 0 Å². The third-order valence-corrected chi connectivity index (χ3v) is 1.81. The van der Waals surface area contributed by atoms with Crippen molar-refractivity contribution in [3.8, 4) is 0 Å². The van der Waals surface area contributed by atoms with Crippen LogP contribution in [0, 0.1) is 0 Å². The number of carbonyl (C=O) groups excluding carboxylic acids is 1. The van der Waals surface area contributed by atoms with E-state index in [0.717, 1.165) is 0 Å². The Morgan fingerprint density at radius 1 is 1.50 bits per heavy atom. The second-order valence-electron chi connectivity index (χ2n) is 2.33. The molecule has 1 heterocycles. The van der Waals surface area contributed by atoms with Crippen molar-refractivity contribution < 1.29 is 9.32 Å². The van der Waals surface area contributed by atoms with Gasteiger partial charge in [-0.05, 0) is 18.2 Å². The second-order valence-corrected chi connectivity index (χ2v) is 2.76.